The summed E-state index contributed by atoms with van der Waals surface area (Å²) in [4.78, 5) is 4.23. The normalized spacial score (nSPS) is 12.2. The molecule has 1 aromatic heterocycles. The summed E-state index contributed by atoms with van der Waals surface area (Å²) in [5.41, 5.74) is 7.76. The first-order valence-corrected chi connectivity index (χ1v) is 6.59. The summed E-state index contributed by atoms with van der Waals surface area (Å²) in [7, 11) is 0. The van der Waals surface area contributed by atoms with Gasteiger partial charge in [0.05, 0.1) is 5.69 Å². The van der Waals surface area contributed by atoms with Gasteiger partial charge in [-0.2, -0.15) is 0 Å². The number of pyridine rings is 1. The number of nitrogens with two attached hydrogens (primary N) is 1. The molecular formula is C15H17ClN2O. The third-order valence-corrected chi connectivity index (χ3v) is 2.90. The third kappa shape index (κ3) is 4.23. The molecule has 100 valence electrons. The van der Waals surface area contributed by atoms with Crippen molar-refractivity contribution in [1.82, 2.24) is 4.98 Å². The third-order valence-electron chi connectivity index (χ3n) is 2.67. The van der Waals surface area contributed by atoms with E-state index in [1.54, 1.807) is 6.20 Å². The Hall–Kier alpha value is -1.58. The highest BCUT2D eigenvalue weighted by Gasteiger charge is 2.07. The quantitative estimate of drug-likeness (QED) is 0.912. The molecule has 19 heavy (non-hydrogen) atoms. The summed E-state index contributed by atoms with van der Waals surface area (Å²) in [6.07, 6.45) is 2.49. The van der Waals surface area contributed by atoms with Crippen LogP contribution in [0.3, 0.4) is 0 Å². The molecule has 3 nitrogen and oxygen atoms in total. The van der Waals surface area contributed by atoms with Crippen LogP contribution in [0.4, 0.5) is 0 Å². The Kier molecular flexibility index (Phi) is 4.77. The van der Waals surface area contributed by atoms with E-state index >= 15 is 0 Å². The number of rotatable bonds is 5. The zero-order valence-corrected chi connectivity index (χ0v) is 11.6. The van der Waals surface area contributed by atoms with Gasteiger partial charge >= 0.3 is 0 Å². The molecule has 0 aliphatic rings. The van der Waals surface area contributed by atoms with Crippen LogP contribution in [0.5, 0.6) is 5.75 Å². The van der Waals surface area contributed by atoms with Crippen molar-refractivity contribution in [2.24, 2.45) is 5.73 Å². The van der Waals surface area contributed by atoms with Gasteiger partial charge in [-0.05, 0) is 49.2 Å². The first-order valence-electron chi connectivity index (χ1n) is 6.22. The van der Waals surface area contributed by atoms with Gasteiger partial charge in [0.25, 0.3) is 0 Å². The molecule has 4 heteroatoms. The Morgan fingerprint density at radius 3 is 2.84 bits per heavy atom. The molecule has 2 rings (SSSR count). The van der Waals surface area contributed by atoms with Crippen LogP contribution in [0, 0.1) is 0 Å². The van der Waals surface area contributed by atoms with Crippen molar-refractivity contribution in [3.05, 3.63) is 58.9 Å². The summed E-state index contributed by atoms with van der Waals surface area (Å²) in [5.74, 6) is 0.812. The number of aromatic nitrogens is 1. The summed E-state index contributed by atoms with van der Waals surface area (Å²) < 4.78 is 5.80. The number of hydrogen-bond acceptors (Lipinski definition) is 3. The van der Waals surface area contributed by atoms with E-state index in [0.29, 0.717) is 11.6 Å². The van der Waals surface area contributed by atoms with Gasteiger partial charge in [0, 0.05) is 17.3 Å². The second-order valence-electron chi connectivity index (χ2n) is 4.54. The maximum absolute atomic E-state index is 6.01. The fraction of sp³-hybridized carbons (Fsp3) is 0.267. The standard InChI is InChI=1S/C15H17ClN2O/c1-11(17)8-12-9-13(16)5-6-15(12)19-10-14-4-2-3-7-18-14/h2-7,9,11H,8,10,17H2,1H3. The lowest BCUT2D eigenvalue weighted by Gasteiger charge is -2.13. The van der Waals surface area contributed by atoms with Gasteiger partial charge in [0.2, 0.25) is 0 Å². The topological polar surface area (TPSA) is 48.1 Å². The van der Waals surface area contributed by atoms with Crippen molar-refractivity contribution >= 4 is 11.6 Å². The Morgan fingerprint density at radius 1 is 1.32 bits per heavy atom. The number of ether oxygens (including phenoxy) is 1. The van der Waals surface area contributed by atoms with E-state index < -0.39 is 0 Å². The second kappa shape index (κ2) is 6.55. The predicted octanol–water partition coefficient (Wildman–Crippen LogP) is 3.20. The highest BCUT2D eigenvalue weighted by atomic mass is 35.5. The summed E-state index contributed by atoms with van der Waals surface area (Å²) >= 11 is 6.01. The molecule has 0 aliphatic heterocycles. The average Bonchev–Trinajstić information content (AvgIpc) is 2.38. The van der Waals surface area contributed by atoms with Gasteiger partial charge < -0.3 is 10.5 Å². The maximum atomic E-state index is 6.01. The van der Waals surface area contributed by atoms with E-state index in [4.69, 9.17) is 22.1 Å². The molecule has 0 amide bonds. The Bertz CT molecular complexity index is 529. The molecule has 2 N–H and O–H groups in total. The van der Waals surface area contributed by atoms with Crippen LogP contribution in [0.2, 0.25) is 5.02 Å². The van der Waals surface area contributed by atoms with Crippen molar-refractivity contribution < 1.29 is 4.74 Å². The molecule has 0 radical (unpaired) electrons. The van der Waals surface area contributed by atoms with Crippen molar-refractivity contribution in [3.63, 3.8) is 0 Å². The molecular weight excluding hydrogens is 260 g/mol. The largest absolute Gasteiger partial charge is 0.487 e. The SMILES string of the molecule is CC(N)Cc1cc(Cl)ccc1OCc1ccccn1. The van der Waals surface area contributed by atoms with Crippen LogP contribution in [0.25, 0.3) is 0 Å². The van der Waals surface area contributed by atoms with E-state index in [0.717, 1.165) is 23.4 Å². The highest BCUT2D eigenvalue weighted by Crippen LogP contribution is 2.24. The molecule has 1 atom stereocenters. The minimum absolute atomic E-state index is 0.0654. The first-order chi connectivity index (χ1) is 9.15. The van der Waals surface area contributed by atoms with E-state index in [2.05, 4.69) is 4.98 Å². The van der Waals surface area contributed by atoms with Crippen LogP contribution in [0.1, 0.15) is 18.2 Å². The predicted molar refractivity (Wildman–Crippen MR) is 77.4 cm³/mol. The van der Waals surface area contributed by atoms with Gasteiger partial charge in [-0.25, -0.2) is 0 Å². The Balaban J connectivity index is 2.11. The summed E-state index contributed by atoms with van der Waals surface area (Å²) in [6, 6.07) is 11.4. The van der Waals surface area contributed by atoms with Gasteiger partial charge in [0.15, 0.2) is 0 Å². The first kappa shape index (κ1) is 13.8. The van der Waals surface area contributed by atoms with Crippen LogP contribution in [-0.2, 0) is 13.0 Å². The van der Waals surface area contributed by atoms with Crippen molar-refractivity contribution in [2.75, 3.05) is 0 Å². The molecule has 0 aliphatic carbocycles. The fourth-order valence-electron chi connectivity index (χ4n) is 1.83. The molecule has 1 aromatic carbocycles. The molecule has 1 heterocycles. The molecule has 1 unspecified atom stereocenters. The zero-order valence-electron chi connectivity index (χ0n) is 10.8. The van der Waals surface area contributed by atoms with Crippen LogP contribution in [0.15, 0.2) is 42.6 Å². The minimum atomic E-state index is 0.0654. The number of benzene rings is 1. The fourth-order valence-corrected chi connectivity index (χ4v) is 2.03. The van der Waals surface area contributed by atoms with Crippen molar-refractivity contribution in [2.45, 2.75) is 26.0 Å². The van der Waals surface area contributed by atoms with Crippen molar-refractivity contribution in [1.29, 1.82) is 0 Å². The van der Waals surface area contributed by atoms with Gasteiger partial charge in [-0.1, -0.05) is 17.7 Å². The number of halogens is 1. The van der Waals surface area contributed by atoms with Gasteiger partial charge in [-0.15, -0.1) is 0 Å². The molecule has 0 bridgehead atoms. The minimum Gasteiger partial charge on any atom is -0.487 e. The lowest BCUT2D eigenvalue weighted by atomic mass is 10.1. The van der Waals surface area contributed by atoms with Crippen LogP contribution in [-0.4, -0.2) is 11.0 Å². The van der Waals surface area contributed by atoms with E-state index in [1.165, 1.54) is 0 Å². The zero-order chi connectivity index (χ0) is 13.7. The van der Waals surface area contributed by atoms with Gasteiger partial charge in [-0.3, -0.25) is 4.98 Å². The number of nitrogens with zero attached hydrogens (tertiary/aromatic N) is 1. The van der Waals surface area contributed by atoms with Gasteiger partial charge in [0.1, 0.15) is 12.4 Å². The van der Waals surface area contributed by atoms with Crippen LogP contribution >= 0.6 is 11.6 Å². The summed E-state index contributed by atoms with van der Waals surface area (Å²) in [5, 5.41) is 0.695. The molecule has 2 aromatic rings. The average molecular weight is 277 g/mol. The lowest BCUT2D eigenvalue weighted by Crippen LogP contribution is -2.18. The molecule has 0 saturated carbocycles. The van der Waals surface area contributed by atoms with Crippen LogP contribution < -0.4 is 10.5 Å². The van der Waals surface area contributed by atoms with Crippen molar-refractivity contribution in [3.8, 4) is 5.75 Å². The summed E-state index contributed by atoms with van der Waals surface area (Å²) in [6.45, 7) is 2.40. The molecule has 0 saturated heterocycles. The second-order valence-corrected chi connectivity index (χ2v) is 4.98. The number of hydrogen-bond donors (Lipinski definition) is 1. The Morgan fingerprint density at radius 2 is 2.16 bits per heavy atom. The lowest BCUT2D eigenvalue weighted by molar-refractivity contribution is 0.297. The smallest absolute Gasteiger partial charge is 0.130 e. The molecule has 0 fully saturated rings. The Labute approximate surface area is 118 Å². The van der Waals surface area contributed by atoms with E-state index in [1.807, 2.05) is 43.3 Å². The van der Waals surface area contributed by atoms with E-state index in [-0.39, 0.29) is 6.04 Å². The van der Waals surface area contributed by atoms with E-state index in [9.17, 15) is 0 Å². The monoisotopic (exact) mass is 276 g/mol. The molecule has 0 spiro atoms. The highest BCUT2D eigenvalue weighted by molar-refractivity contribution is 6.30. The maximum Gasteiger partial charge on any atom is 0.130 e.